The Kier molecular flexibility index (Phi) is 5.89. The van der Waals surface area contributed by atoms with Crippen molar-refractivity contribution in [3.05, 3.63) is 78.1 Å². The Bertz CT molecular complexity index is 1170. The third-order valence-corrected chi connectivity index (χ3v) is 5.17. The first-order valence-electron chi connectivity index (χ1n) is 9.97. The van der Waals surface area contributed by atoms with Crippen LogP contribution in [0.15, 0.2) is 61.1 Å². The third kappa shape index (κ3) is 4.93. The highest BCUT2D eigenvalue weighted by atomic mass is 19.3. The van der Waals surface area contributed by atoms with Crippen molar-refractivity contribution >= 4 is 17.5 Å². The number of nitrogens with zero attached hydrogens (tertiary/aromatic N) is 2. The molecule has 4 rings (SSSR count). The summed E-state index contributed by atoms with van der Waals surface area (Å²) in [5, 5.41) is 5.19. The number of rotatable bonds is 5. The molecule has 1 atom stereocenters. The topological polar surface area (TPSA) is 84.0 Å². The van der Waals surface area contributed by atoms with E-state index < -0.39 is 36.0 Å². The van der Waals surface area contributed by atoms with Crippen molar-refractivity contribution in [1.29, 1.82) is 0 Å². The van der Waals surface area contributed by atoms with Gasteiger partial charge in [-0.05, 0) is 30.7 Å². The molecule has 0 spiro atoms. The van der Waals surface area contributed by atoms with E-state index in [0.717, 1.165) is 0 Å². The largest absolute Gasteiger partial charge is 0.348 e. The Labute approximate surface area is 181 Å². The molecule has 1 aromatic carbocycles. The summed E-state index contributed by atoms with van der Waals surface area (Å²) in [4.78, 5) is 33.0. The van der Waals surface area contributed by atoms with E-state index in [1.54, 1.807) is 24.3 Å². The normalized spacial score (nSPS) is 17.0. The van der Waals surface area contributed by atoms with Crippen molar-refractivity contribution in [2.45, 2.75) is 31.2 Å². The zero-order valence-corrected chi connectivity index (χ0v) is 16.8. The highest BCUT2D eigenvalue weighted by molar-refractivity contribution is 6.05. The number of halogens is 3. The average molecular weight is 440 g/mol. The van der Waals surface area contributed by atoms with Gasteiger partial charge >= 0.3 is 0 Å². The molecular formula is C23H19F3N4O2. The molecule has 1 saturated carbocycles. The Hall–Kier alpha value is -3.75. The standard InChI is InChI=1S/C23H19F3N4O2/c24-19-4-2-1-3-18(19)15-9-17(13-27-12-15)30-21(31)14-6-8-28-20(10-14)22(32)29-16-5-7-23(25,26)11-16/h1-4,6,8-10,12-13,16H,5,7,11H2,(H,29,32)(H,30,31). The van der Waals surface area contributed by atoms with Gasteiger partial charge in [0.05, 0.1) is 11.9 Å². The molecule has 2 heterocycles. The number of anilines is 1. The van der Waals surface area contributed by atoms with E-state index in [4.69, 9.17) is 0 Å². The van der Waals surface area contributed by atoms with Gasteiger partial charge < -0.3 is 10.6 Å². The summed E-state index contributed by atoms with van der Waals surface area (Å²) < 4.78 is 40.7. The quantitative estimate of drug-likeness (QED) is 0.614. The Morgan fingerprint density at radius 3 is 2.62 bits per heavy atom. The van der Waals surface area contributed by atoms with Crippen molar-refractivity contribution in [1.82, 2.24) is 15.3 Å². The first-order valence-corrected chi connectivity index (χ1v) is 9.97. The van der Waals surface area contributed by atoms with Crippen molar-refractivity contribution < 1.29 is 22.8 Å². The number of nitrogens with one attached hydrogen (secondary N) is 2. The van der Waals surface area contributed by atoms with Crippen LogP contribution < -0.4 is 10.6 Å². The van der Waals surface area contributed by atoms with Gasteiger partial charge in [-0.2, -0.15) is 0 Å². The number of amides is 2. The lowest BCUT2D eigenvalue weighted by Crippen LogP contribution is -2.34. The number of aromatic nitrogens is 2. The highest BCUT2D eigenvalue weighted by Crippen LogP contribution is 2.34. The minimum atomic E-state index is -2.78. The summed E-state index contributed by atoms with van der Waals surface area (Å²) >= 11 is 0. The maximum Gasteiger partial charge on any atom is 0.270 e. The molecule has 164 valence electrons. The maximum absolute atomic E-state index is 14.0. The zero-order chi connectivity index (χ0) is 22.7. The second kappa shape index (κ2) is 8.78. The lowest BCUT2D eigenvalue weighted by molar-refractivity contribution is 0.00709. The molecule has 3 aromatic rings. The monoisotopic (exact) mass is 440 g/mol. The van der Waals surface area contributed by atoms with E-state index in [-0.39, 0.29) is 24.1 Å². The molecule has 1 unspecified atom stereocenters. The van der Waals surface area contributed by atoms with Crippen LogP contribution in [-0.4, -0.2) is 33.7 Å². The van der Waals surface area contributed by atoms with E-state index in [0.29, 0.717) is 16.8 Å². The van der Waals surface area contributed by atoms with Crippen LogP contribution in [0.1, 0.15) is 40.1 Å². The number of hydrogen-bond acceptors (Lipinski definition) is 4. The molecule has 2 aromatic heterocycles. The molecule has 1 aliphatic rings. The summed E-state index contributed by atoms with van der Waals surface area (Å²) in [6, 6.07) is 9.86. The summed E-state index contributed by atoms with van der Waals surface area (Å²) in [7, 11) is 0. The smallest absolute Gasteiger partial charge is 0.270 e. The van der Waals surface area contributed by atoms with Gasteiger partial charge in [0.2, 0.25) is 5.92 Å². The van der Waals surface area contributed by atoms with Gasteiger partial charge in [-0.25, -0.2) is 13.2 Å². The number of benzene rings is 1. The molecule has 0 radical (unpaired) electrons. The van der Waals surface area contributed by atoms with Gasteiger partial charge in [0.1, 0.15) is 11.5 Å². The minimum absolute atomic E-state index is 0.0499. The van der Waals surface area contributed by atoms with Crippen LogP contribution in [0.5, 0.6) is 0 Å². The number of pyridine rings is 2. The van der Waals surface area contributed by atoms with Crippen molar-refractivity contribution in [2.75, 3.05) is 5.32 Å². The van der Waals surface area contributed by atoms with E-state index in [2.05, 4.69) is 20.6 Å². The fourth-order valence-electron chi connectivity index (χ4n) is 3.58. The molecule has 0 aliphatic heterocycles. The third-order valence-electron chi connectivity index (χ3n) is 5.17. The predicted molar refractivity (Wildman–Crippen MR) is 112 cm³/mol. The van der Waals surface area contributed by atoms with Gasteiger partial charge in [-0.15, -0.1) is 0 Å². The van der Waals surface area contributed by atoms with E-state index in [1.807, 2.05) is 0 Å². The van der Waals surface area contributed by atoms with Gasteiger partial charge in [0.15, 0.2) is 0 Å². The summed E-state index contributed by atoms with van der Waals surface area (Å²) in [5.41, 5.74) is 1.27. The lowest BCUT2D eigenvalue weighted by Gasteiger charge is -2.13. The molecule has 2 N–H and O–H groups in total. The Morgan fingerprint density at radius 1 is 1.06 bits per heavy atom. The van der Waals surface area contributed by atoms with Crippen molar-refractivity contribution in [3.8, 4) is 11.1 Å². The maximum atomic E-state index is 14.0. The fourth-order valence-corrected chi connectivity index (χ4v) is 3.58. The molecule has 32 heavy (non-hydrogen) atoms. The molecule has 1 fully saturated rings. The first-order chi connectivity index (χ1) is 15.3. The van der Waals surface area contributed by atoms with Gasteiger partial charge in [-0.3, -0.25) is 19.6 Å². The van der Waals surface area contributed by atoms with Crippen LogP contribution in [0, 0.1) is 5.82 Å². The highest BCUT2D eigenvalue weighted by Gasteiger charge is 2.40. The van der Waals surface area contributed by atoms with Crippen LogP contribution in [0.3, 0.4) is 0 Å². The van der Waals surface area contributed by atoms with Crippen LogP contribution >= 0.6 is 0 Å². The number of carbonyl (C=O) groups excluding carboxylic acids is 2. The Morgan fingerprint density at radius 2 is 1.88 bits per heavy atom. The summed E-state index contributed by atoms with van der Waals surface area (Å²) in [6.45, 7) is 0. The molecule has 1 aliphatic carbocycles. The van der Waals surface area contributed by atoms with Crippen LogP contribution in [0.4, 0.5) is 18.9 Å². The molecule has 9 heteroatoms. The minimum Gasteiger partial charge on any atom is -0.348 e. The number of hydrogen-bond donors (Lipinski definition) is 2. The lowest BCUT2D eigenvalue weighted by atomic mass is 10.1. The summed E-state index contributed by atoms with van der Waals surface area (Å²) in [5.74, 6) is -4.34. The van der Waals surface area contributed by atoms with Crippen LogP contribution in [0.25, 0.3) is 11.1 Å². The van der Waals surface area contributed by atoms with Crippen LogP contribution in [-0.2, 0) is 0 Å². The van der Waals surface area contributed by atoms with Gasteiger partial charge in [-0.1, -0.05) is 18.2 Å². The van der Waals surface area contributed by atoms with E-state index in [1.165, 1.54) is 36.8 Å². The van der Waals surface area contributed by atoms with Gasteiger partial charge in [0, 0.05) is 48.0 Å². The van der Waals surface area contributed by atoms with Crippen molar-refractivity contribution in [2.24, 2.45) is 0 Å². The summed E-state index contributed by atoms with van der Waals surface area (Å²) in [6.07, 6.45) is 3.69. The van der Waals surface area contributed by atoms with Crippen LogP contribution in [0.2, 0.25) is 0 Å². The zero-order valence-electron chi connectivity index (χ0n) is 16.8. The predicted octanol–water partition coefficient (Wildman–Crippen LogP) is 4.45. The molecule has 2 amide bonds. The molecule has 0 saturated heterocycles. The molecule has 0 bridgehead atoms. The van der Waals surface area contributed by atoms with Gasteiger partial charge in [0.25, 0.3) is 11.8 Å². The number of alkyl halides is 2. The Balaban J connectivity index is 1.46. The fraction of sp³-hybridized carbons (Fsp3) is 0.217. The van der Waals surface area contributed by atoms with Crippen molar-refractivity contribution in [3.63, 3.8) is 0 Å². The van der Waals surface area contributed by atoms with E-state index in [9.17, 15) is 22.8 Å². The average Bonchev–Trinajstić information content (AvgIpc) is 3.12. The molecule has 6 nitrogen and oxygen atoms in total. The number of carbonyl (C=O) groups is 2. The first kappa shape index (κ1) is 21.5. The SMILES string of the molecule is O=C(Nc1cncc(-c2ccccc2F)c1)c1ccnc(C(=O)NC2CCC(F)(F)C2)c1. The second-order valence-electron chi connectivity index (χ2n) is 7.60. The molecular weight excluding hydrogens is 421 g/mol. The second-order valence-corrected chi connectivity index (χ2v) is 7.60. The van der Waals surface area contributed by atoms with E-state index >= 15 is 0 Å².